The molecule has 0 fully saturated rings. The lowest BCUT2D eigenvalue weighted by Crippen LogP contribution is -2.34. The number of hydrogen-bond acceptors (Lipinski definition) is 7. The molecule has 0 aliphatic carbocycles. The summed E-state index contributed by atoms with van der Waals surface area (Å²) in [6.45, 7) is 3.14. The van der Waals surface area contributed by atoms with Gasteiger partial charge in [-0.15, -0.1) is 0 Å². The highest BCUT2D eigenvalue weighted by Crippen LogP contribution is 2.29. The summed E-state index contributed by atoms with van der Waals surface area (Å²) in [5.74, 6) is 0. The Morgan fingerprint density at radius 2 is 2.04 bits per heavy atom. The largest absolute Gasteiger partial charge is 0.348 e. The molecule has 122 valence electrons. The van der Waals surface area contributed by atoms with E-state index in [2.05, 4.69) is 10.3 Å². The fourth-order valence-electron chi connectivity index (χ4n) is 1.70. The van der Waals surface area contributed by atoms with Crippen molar-refractivity contribution in [2.24, 2.45) is 0 Å². The molecule has 0 atom stereocenters. The van der Waals surface area contributed by atoms with Crippen LogP contribution in [-0.2, 0) is 10.0 Å². The zero-order valence-corrected chi connectivity index (χ0v) is 13.7. The Kier molecular flexibility index (Phi) is 4.61. The summed E-state index contributed by atoms with van der Waals surface area (Å²) < 4.78 is 26.0. The number of carbonyl (C=O) groups excluding carboxylic acids is 1. The van der Waals surface area contributed by atoms with Crippen molar-refractivity contribution in [3.63, 3.8) is 0 Å². The van der Waals surface area contributed by atoms with Crippen molar-refractivity contribution >= 4 is 37.5 Å². The first-order chi connectivity index (χ1) is 10.7. The number of rotatable bonds is 4. The number of urea groups is 1. The first-order valence-corrected chi connectivity index (χ1v) is 8.51. The van der Waals surface area contributed by atoms with Crippen LogP contribution in [-0.4, -0.2) is 24.4 Å². The number of hydrogen-bond donors (Lipinski definition) is 2. The second-order valence-corrected chi connectivity index (χ2v) is 7.20. The lowest BCUT2D eigenvalue weighted by molar-refractivity contribution is -0.380. The average Bonchev–Trinajstić information content (AvgIpc) is 2.78. The number of aryl methyl sites for hydroxylation is 2. The zero-order valence-electron chi connectivity index (χ0n) is 12.1. The van der Waals surface area contributed by atoms with Crippen LogP contribution >= 0.6 is 11.3 Å². The topological polar surface area (TPSA) is 131 Å². The van der Waals surface area contributed by atoms with Gasteiger partial charge in [0.2, 0.25) is 0 Å². The smallest absolute Gasteiger partial charge is 0.283 e. The first kappa shape index (κ1) is 16.8. The molecule has 2 amide bonds. The number of benzene rings is 1. The maximum atomic E-state index is 12.1. The van der Waals surface area contributed by atoms with Crippen molar-refractivity contribution in [3.8, 4) is 0 Å². The zero-order chi connectivity index (χ0) is 17.2. The molecule has 2 N–H and O–H groups in total. The van der Waals surface area contributed by atoms with Gasteiger partial charge in [-0.3, -0.25) is 15.4 Å². The standard InChI is InChI=1S/C12H12N4O5S2/c1-7-4-3-5-9(6-7)23(20,21)15-11(17)14-12-13-8(2)10(22-12)16(18)19/h3-6H,1-2H3,(H2,13,14,15,17). The van der Waals surface area contributed by atoms with Gasteiger partial charge in [0, 0.05) is 0 Å². The van der Waals surface area contributed by atoms with E-state index < -0.39 is 21.0 Å². The van der Waals surface area contributed by atoms with E-state index in [1.807, 2.05) is 4.72 Å². The fraction of sp³-hybridized carbons (Fsp3) is 0.167. The van der Waals surface area contributed by atoms with E-state index in [4.69, 9.17) is 0 Å². The molecule has 2 rings (SSSR count). The quantitative estimate of drug-likeness (QED) is 0.637. The second-order valence-electron chi connectivity index (χ2n) is 4.54. The molecular formula is C12H12N4O5S2. The summed E-state index contributed by atoms with van der Waals surface area (Å²) in [4.78, 5) is 25.6. The predicted molar refractivity (Wildman–Crippen MR) is 84.0 cm³/mol. The third kappa shape index (κ3) is 4.02. The Balaban J connectivity index is 2.13. The SMILES string of the molecule is Cc1cccc(S(=O)(=O)NC(=O)Nc2nc(C)c([N+](=O)[O-])s2)c1. The van der Waals surface area contributed by atoms with Gasteiger partial charge in [0.1, 0.15) is 5.69 Å². The summed E-state index contributed by atoms with van der Waals surface area (Å²) in [7, 11) is -4.04. The Hall–Kier alpha value is -2.53. The van der Waals surface area contributed by atoms with Crippen LogP contribution in [0.15, 0.2) is 29.2 Å². The van der Waals surface area contributed by atoms with Crippen molar-refractivity contribution in [3.05, 3.63) is 45.6 Å². The van der Waals surface area contributed by atoms with Crippen molar-refractivity contribution in [2.75, 3.05) is 5.32 Å². The highest BCUT2D eigenvalue weighted by Gasteiger charge is 2.21. The van der Waals surface area contributed by atoms with Gasteiger partial charge in [0.15, 0.2) is 5.13 Å². The molecule has 0 unspecified atom stereocenters. The summed E-state index contributed by atoms with van der Waals surface area (Å²) in [5.41, 5.74) is 0.858. The van der Waals surface area contributed by atoms with Crippen LogP contribution in [0.25, 0.3) is 0 Å². The summed E-state index contributed by atoms with van der Waals surface area (Å²) in [6, 6.07) is 4.98. The fourth-order valence-corrected chi connectivity index (χ4v) is 3.49. The molecule has 1 aromatic carbocycles. The van der Waals surface area contributed by atoms with Gasteiger partial charge in [-0.2, -0.15) is 0 Å². The molecule has 2 aromatic rings. The molecule has 0 radical (unpaired) electrons. The molecule has 23 heavy (non-hydrogen) atoms. The van der Waals surface area contributed by atoms with Gasteiger partial charge >= 0.3 is 11.0 Å². The summed E-state index contributed by atoms with van der Waals surface area (Å²) in [5, 5.41) is 12.6. The van der Waals surface area contributed by atoms with Gasteiger partial charge in [-0.05, 0) is 42.9 Å². The van der Waals surface area contributed by atoms with Crippen molar-refractivity contribution in [1.82, 2.24) is 9.71 Å². The van der Waals surface area contributed by atoms with E-state index in [9.17, 15) is 23.3 Å². The maximum Gasteiger partial charge on any atom is 0.348 e. The molecule has 0 bridgehead atoms. The minimum Gasteiger partial charge on any atom is -0.283 e. The number of carbonyl (C=O) groups is 1. The van der Waals surface area contributed by atoms with Crippen LogP contribution in [0.3, 0.4) is 0 Å². The van der Waals surface area contributed by atoms with Crippen LogP contribution in [0.1, 0.15) is 11.3 Å². The van der Waals surface area contributed by atoms with E-state index in [0.29, 0.717) is 11.3 Å². The number of nitrogens with zero attached hydrogens (tertiary/aromatic N) is 2. The van der Waals surface area contributed by atoms with Gasteiger partial charge in [0.25, 0.3) is 10.0 Å². The highest BCUT2D eigenvalue weighted by atomic mass is 32.2. The molecule has 0 aliphatic rings. The third-order valence-corrected chi connectivity index (χ3v) is 5.04. The lowest BCUT2D eigenvalue weighted by atomic mass is 10.2. The Bertz CT molecular complexity index is 875. The van der Waals surface area contributed by atoms with Crippen LogP contribution in [0.4, 0.5) is 14.9 Å². The van der Waals surface area contributed by atoms with Crippen LogP contribution in [0, 0.1) is 24.0 Å². The molecule has 1 heterocycles. The molecule has 1 aromatic heterocycles. The normalized spacial score (nSPS) is 11.0. The van der Waals surface area contributed by atoms with Crippen LogP contribution in [0.2, 0.25) is 0 Å². The Morgan fingerprint density at radius 1 is 1.35 bits per heavy atom. The molecule has 11 heteroatoms. The summed E-state index contributed by atoms with van der Waals surface area (Å²) in [6.07, 6.45) is 0. The lowest BCUT2D eigenvalue weighted by Gasteiger charge is -2.07. The van der Waals surface area contributed by atoms with E-state index in [-0.39, 0.29) is 20.7 Å². The van der Waals surface area contributed by atoms with Gasteiger partial charge in [-0.25, -0.2) is 22.9 Å². The Morgan fingerprint density at radius 3 is 2.61 bits per heavy atom. The van der Waals surface area contributed by atoms with Crippen molar-refractivity contribution in [1.29, 1.82) is 0 Å². The van der Waals surface area contributed by atoms with Crippen molar-refractivity contribution < 1.29 is 18.1 Å². The van der Waals surface area contributed by atoms with E-state index >= 15 is 0 Å². The molecule has 0 saturated heterocycles. The molecule has 9 nitrogen and oxygen atoms in total. The summed E-state index contributed by atoms with van der Waals surface area (Å²) >= 11 is 0.643. The number of nitrogens with one attached hydrogen (secondary N) is 2. The number of sulfonamides is 1. The highest BCUT2D eigenvalue weighted by molar-refractivity contribution is 7.90. The number of amides is 2. The van der Waals surface area contributed by atoms with E-state index in [0.717, 1.165) is 5.56 Å². The number of anilines is 1. The van der Waals surface area contributed by atoms with E-state index in [1.54, 1.807) is 19.1 Å². The predicted octanol–water partition coefficient (Wildman–Crippen LogP) is 2.18. The van der Waals surface area contributed by atoms with Crippen LogP contribution < -0.4 is 10.0 Å². The van der Waals surface area contributed by atoms with Gasteiger partial charge < -0.3 is 0 Å². The number of thiazole rings is 1. The van der Waals surface area contributed by atoms with Crippen molar-refractivity contribution in [2.45, 2.75) is 18.7 Å². The molecule has 0 spiro atoms. The molecule has 0 aliphatic heterocycles. The molecular weight excluding hydrogens is 344 g/mol. The first-order valence-electron chi connectivity index (χ1n) is 6.21. The van der Waals surface area contributed by atoms with Gasteiger partial charge in [-0.1, -0.05) is 12.1 Å². The molecule has 0 saturated carbocycles. The minimum absolute atomic E-state index is 0.0612. The van der Waals surface area contributed by atoms with Crippen LogP contribution in [0.5, 0.6) is 0 Å². The third-order valence-electron chi connectivity index (χ3n) is 2.69. The average molecular weight is 356 g/mol. The number of nitro groups is 1. The van der Waals surface area contributed by atoms with E-state index in [1.165, 1.54) is 19.1 Å². The Labute approximate surface area is 135 Å². The maximum absolute atomic E-state index is 12.1. The minimum atomic E-state index is -4.04. The second kappa shape index (κ2) is 6.30. The number of aromatic nitrogens is 1. The monoisotopic (exact) mass is 356 g/mol. The van der Waals surface area contributed by atoms with Gasteiger partial charge in [0.05, 0.1) is 9.82 Å².